The summed E-state index contributed by atoms with van der Waals surface area (Å²) in [5.74, 6) is -1.45. The van der Waals surface area contributed by atoms with Crippen LogP contribution in [-0.4, -0.2) is 65.8 Å². The molecule has 0 spiro atoms. The van der Waals surface area contributed by atoms with Crippen LogP contribution in [-0.2, 0) is 30.5 Å². The van der Waals surface area contributed by atoms with Crippen molar-refractivity contribution in [2.45, 2.75) is 58.2 Å². The first-order valence-electron chi connectivity index (χ1n) is 10.7. The number of amides is 4. The van der Waals surface area contributed by atoms with Crippen LogP contribution < -0.4 is 16.1 Å². The number of aliphatic hydroxyl groups excluding tert-OH is 1. The Morgan fingerprint density at radius 3 is 2.24 bits per heavy atom. The SMILES string of the molecule is COC(=O)N[C@H](C(=O)N[C@@H](Cc1ccccc1)[C@@H](O)CNON1C(=O)CCC1=O)C(C)(C)C. The number of rotatable bonds is 10. The Morgan fingerprint density at radius 1 is 1.09 bits per heavy atom. The van der Waals surface area contributed by atoms with Crippen molar-refractivity contribution in [1.29, 1.82) is 0 Å². The standard InChI is InChI=1S/C22H32N4O7/c1-22(2,3)19(25-21(31)32-4)20(30)24-15(12-14-8-6-5-7-9-14)16(27)13-23-33-26-17(28)10-11-18(26)29/h5-9,15-16,19,23,27H,10-13H2,1-4H3,(H,24,30)(H,25,31)/t15-,16-,19+/m0/s1. The van der Waals surface area contributed by atoms with Crippen LogP contribution in [0.4, 0.5) is 4.79 Å². The first kappa shape index (κ1) is 26.2. The first-order chi connectivity index (χ1) is 15.5. The lowest BCUT2D eigenvalue weighted by atomic mass is 9.85. The Kier molecular flexibility index (Phi) is 9.32. The van der Waals surface area contributed by atoms with Gasteiger partial charge in [0.15, 0.2) is 0 Å². The molecule has 0 aliphatic carbocycles. The molecule has 4 amide bonds. The number of ether oxygens (including phenoxy) is 1. The van der Waals surface area contributed by atoms with Crippen molar-refractivity contribution in [2.75, 3.05) is 13.7 Å². The van der Waals surface area contributed by atoms with Crippen LogP contribution >= 0.6 is 0 Å². The van der Waals surface area contributed by atoms with Gasteiger partial charge in [-0.25, -0.2) is 4.79 Å². The summed E-state index contributed by atoms with van der Waals surface area (Å²) in [6.45, 7) is 5.18. The van der Waals surface area contributed by atoms with Gasteiger partial charge < -0.3 is 20.5 Å². The third kappa shape index (κ3) is 7.81. The fraction of sp³-hybridized carbons (Fsp3) is 0.545. The van der Waals surface area contributed by atoms with E-state index in [2.05, 4.69) is 20.9 Å². The zero-order chi connectivity index (χ0) is 24.6. The highest BCUT2D eigenvalue weighted by molar-refractivity contribution is 6.00. The molecule has 182 valence electrons. The van der Waals surface area contributed by atoms with Crippen molar-refractivity contribution in [3.63, 3.8) is 0 Å². The largest absolute Gasteiger partial charge is 0.453 e. The second-order valence-corrected chi connectivity index (χ2v) is 8.83. The molecule has 1 fully saturated rings. The van der Waals surface area contributed by atoms with E-state index in [4.69, 9.17) is 4.94 Å². The van der Waals surface area contributed by atoms with E-state index >= 15 is 0 Å². The Balaban J connectivity index is 2.09. The van der Waals surface area contributed by atoms with Crippen LogP contribution in [0.5, 0.6) is 0 Å². The molecule has 2 rings (SSSR count). The Labute approximate surface area is 192 Å². The predicted octanol–water partition coefficient (Wildman–Crippen LogP) is 0.431. The molecule has 0 bridgehead atoms. The van der Waals surface area contributed by atoms with Crippen LogP contribution in [0.15, 0.2) is 30.3 Å². The van der Waals surface area contributed by atoms with Gasteiger partial charge in [-0.1, -0.05) is 51.1 Å². The van der Waals surface area contributed by atoms with Crippen LogP contribution in [0.1, 0.15) is 39.2 Å². The smallest absolute Gasteiger partial charge is 0.407 e. The molecule has 11 heteroatoms. The van der Waals surface area contributed by atoms with E-state index < -0.39 is 47.4 Å². The number of nitrogens with one attached hydrogen (secondary N) is 3. The van der Waals surface area contributed by atoms with Gasteiger partial charge in [0.05, 0.1) is 25.8 Å². The Bertz CT molecular complexity index is 825. The third-order valence-corrected chi connectivity index (χ3v) is 5.12. The molecule has 1 aliphatic rings. The quantitative estimate of drug-likeness (QED) is 0.288. The molecule has 0 aromatic heterocycles. The molecule has 0 unspecified atom stereocenters. The summed E-state index contributed by atoms with van der Waals surface area (Å²) in [6, 6.07) is 7.52. The van der Waals surface area contributed by atoms with E-state index in [0.29, 0.717) is 5.06 Å². The van der Waals surface area contributed by atoms with E-state index in [-0.39, 0.29) is 25.8 Å². The van der Waals surface area contributed by atoms with Gasteiger partial charge in [0, 0.05) is 12.8 Å². The fourth-order valence-electron chi connectivity index (χ4n) is 3.26. The summed E-state index contributed by atoms with van der Waals surface area (Å²) in [5.41, 5.74) is 2.64. The molecule has 11 nitrogen and oxygen atoms in total. The van der Waals surface area contributed by atoms with Crippen molar-refractivity contribution in [2.24, 2.45) is 5.41 Å². The highest BCUT2D eigenvalue weighted by Crippen LogP contribution is 2.20. The van der Waals surface area contributed by atoms with Gasteiger partial charge in [-0.3, -0.25) is 14.4 Å². The normalized spacial score (nSPS) is 16.8. The zero-order valence-electron chi connectivity index (χ0n) is 19.3. The van der Waals surface area contributed by atoms with Crippen molar-refractivity contribution >= 4 is 23.8 Å². The van der Waals surface area contributed by atoms with Crippen molar-refractivity contribution in [1.82, 2.24) is 21.2 Å². The van der Waals surface area contributed by atoms with Gasteiger partial charge >= 0.3 is 6.09 Å². The maximum absolute atomic E-state index is 13.1. The summed E-state index contributed by atoms with van der Waals surface area (Å²) in [7, 11) is 1.20. The molecule has 4 N–H and O–H groups in total. The lowest BCUT2D eigenvalue weighted by Gasteiger charge is -2.32. The van der Waals surface area contributed by atoms with E-state index in [1.54, 1.807) is 20.8 Å². The number of methoxy groups -OCH3 is 1. The fourth-order valence-corrected chi connectivity index (χ4v) is 3.26. The number of hydrogen-bond acceptors (Lipinski definition) is 8. The topological polar surface area (TPSA) is 146 Å². The monoisotopic (exact) mass is 464 g/mol. The Morgan fingerprint density at radius 2 is 1.70 bits per heavy atom. The average molecular weight is 465 g/mol. The van der Waals surface area contributed by atoms with Crippen LogP contribution in [0.3, 0.4) is 0 Å². The molecular weight excluding hydrogens is 432 g/mol. The first-order valence-corrected chi connectivity index (χ1v) is 10.7. The molecule has 0 radical (unpaired) electrons. The van der Waals surface area contributed by atoms with Gasteiger partial charge in [-0.15, -0.1) is 5.06 Å². The number of carbonyl (C=O) groups is 4. The number of nitrogens with zero attached hydrogens (tertiary/aromatic N) is 1. The van der Waals surface area contributed by atoms with E-state index in [0.717, 1.165) is 5.56 Å². The number of hydrogen-bond donors (Lipinski definition) is 4. The maximum Gasteiger partial charge on any atom is 0.407 e. The van der Waals surface area contributed by atoms with Gasteiger partial charge in [0.1, 0.15) is 6.04 Å². The second kappa shape index (κ2) is 11.7. The number of aliphatic hydroxyl groups is 1. The van der Waals surface area contributed by atoms with Crippen LogP contribution in [0.2, 0.25) is 0 Å². The van der Waals surface area contributed by atoms with Gasteiger partial charge in [0.25, 0.3) is 11.8 Å². The summed E-state index contributed by atoms with van der Waals surface area (Å²) < 4.78 is 4.63. The molecule has 1 aliphatic heterocycles. The lowest BCUT2D eigenvalue weighted by Crippen LogP contribution is -2.58. The molecule has 3 atom stereocenters. The van der Waals surface area contributed by atoms with Gasteiger partial charge in [-0.2, -0.15) is 10.4 Å². The van der Waals surface area contributed by atoms with E-state index in [1.807, 2.05) is 30.3 Å². The molecular formula is C22H32N4O7. The summed E-state index contributed by atoms with van der Waals surface area (Å²) in [4.78, 5) is 53.1. The molecule has 1 saturated heterocycles. The van der Waals surface area contributed by atoms with Gasteiger partial charge in [-0.05, 0) is 17.4 Å². The number of benzene rings is 1. The number of imide groups is 1. The maximum atomic E-state index is 13.1. The lowest BCUT2D eigenvalue weighted by molar-refractivity contribution is -0.211. The molecule has 1 aromatic rings. The highest BCUT2D eigenvalue weighted by atomic mass is 16.8. The third-order valence-electron chi connectivity index (χ3n) is 5.12. The van der Waals surface area contributed by atoms with E-state index in [1.165, 1.54) is 7.11 Å². The van der Waals surface area contributed by atoms with Crippen molar-refractivity contribution in [3.05, 3.63) is 35.9 Å². The number of alkyl carbamates (subject to hydrolysis) is 1. The number of hydroxylamine groups is 3. The Hall–Kier alpha value is -3.02. The summed E-state index contributed by atoms with van der Waals surface area (Å²) in [5, 5.41) is 16.7. The van der Waals surface area contributed by atoms with Gasteiger partial charge in [0.2, 0.25) is 5.91 Å². The predicted molar refractivity (Wildman–Crippen MR) is 117 cm³/mol. The minimum absolute atomic E-state index is 0.0666. The van der Waals surface area contributed by atoms with Crippen molar-refractivity contribution < 1.29 is 34.0 Å². The summed E-state index contributed by atoms with van der Waals surface area (Å²) >= 11 is 0. The molecule has 0 saturated carbocycles. The summed E-state index contributed by atoms with van der Waals surface area (Å²) in [6.07, 6.45) is -1.48. The molecule has 1 heterocycles. The van der Waals surface area contributed by atoms with Crippen LogP contribution in [0, 0.1) is 5.41 Å². The minimum atomic E-state index is -1.15. The highest BCUT2D eigenvalue weighted by Gasteiger charge is 2.36. The zero-order valence-corrected chi connectivity index (χ0v) is 19.3. The second-order valence-electron chi connectivity index (χ2n) is 8.83. The van der Waals surface area contributed by atoms with E-state index in [9.17, 15) is 24.3 Å². The van der Waals surface area contributed by atoms with Crippen molar-refractivity contribution in [3.8, 4) is 0 Å². The molecule has 1 aromatic carbocycles. The molecule has 33 heavy (non-hydrogen) atoms. The number of carbonyl (C=O) groups excluding carboxylic acids is 4. The minimum Gasteiger partial charge on any atom is -0.453 e. The van der Waals surface area contributed by atoms with Crippen LogP contribution in [0.25, 0.3) is 0 Å². The average Bonchev–Trinajstić information content (AvgIpc) is 3.08.